The first-order valence-electron chi connectivity index (χ1n) is 20.8. The molecule has 0 heterocycles. The quantitative estimate of drug-likeness (QED) is 0.153. The molecule has 12 aromatic rings. The summed E-state index contributed by atoms with van der Waals surface area (Å²) in [6.07, 6.45) is 0. The third-order valence-electron chi connectivity index (χ3n) is 12.6. The van der Waals surface area contributed by atoms with Crippen molar-refractivity contribution in [2.45, 2.75) is 0 Å². The van der Waals surface area contributed by atoms with Crippen LogP contribution in [0.4, 0.5) is 0 Å². The minimum Gasteiger partial charge on any atom is -0.0616 e. The second kappa shape index (κ2) is 13.9. The van der Waals surface area contributed by atoms with E-state index in [1.807, 2.05) is 0 Å². The smallest absolute Gasteiger partial charge is 0.00139 e. The normalized spacial score (nSPS) is 11.7. The van der Waals surface area contributed by atoms with Gasteiger partial charge in [0, 0.05) is 0 Å². The van der Waals surface area contributed by atoms with E-state index < -0.39 is 0 Å². The topological polar surface area (TPSA) is 0 Å². The molecule has 0 saturated carbocycles. The first-order chi connectivity index (χ1) is 29.8. The van der Waals surface area contributed by atoms with Gasteiger partial charge in [-0.2, -0.15) is 0 Å². The molecule has 0 amide bonds. The predicted octanol–water partition coefficient (Wildman–Crippen LogP) is 16.9. The maximum Gasteiger partial charge on any atom is -0.00139 e. The highest BCUT2D eigenvalue weighted by Crippen LogP contribution is 2.50. The van der Waals surface area contributed by atoms with Gasteiger partial charge in [-0.15, -0.1) is 0 Å². The van der Waals surface area contributed by atoms with Crippen LogP contribution in [0.1, 0.15) is 0 Å². The van der Waals surface area contributed by atoms with Crippen LogP contribution in [0.3, 0.4) is 0 Å². The van der Waals surface area contributed by atoms with Crippen LogP contribution in [0, 0.1) is 0 Å². The molecule has 278 valence electrons. The molecule has 0 heteroatoms. The highest BCUT2D eigenvalue weighted by Gasteiger charge is 2.22. The van der Waals surface area contributed by atoms with Crippen LogP contribution < -0.4 is 0 Å². The molecular formula is C60H38. The van der Waals surface area contributed by atoms with E-state index in [1.54, 1.807) is 0 Å². The van der Waals surface area contributed by atoms with Gasteiger partial charge in [0.1, 0.15) is 0 Å². The Balaban J connectivity index is 1.05. The molecule has 12 aromatic carbocycles. The van der Waals surface area contributed by atoms with Crippen LogP contribution in [0.25, 0.3) is 120 Å². The van der Waals surface area contributed by atoms with E-state index in [2.05, 4.69) is 231 Å². The number of rotatable bonds is 5. The van der Waals surface area contributed by atoms with E-state index in [0.717, 1.165) is 0 Å². The van der Waals surface area contributed by atoms with Crippen molar-refractivity contribution >= 4 is 64.6 Å². The zero-order chi connectivity index (χ0) is 39.6. The first-order valence-corrected chi connectivity index (χ1v) is 20.8. The van der Waals surface area contributed by atoms with Gasteiger partial charge in [0.25, 0.3) is 0 Å². The number of benzene rings is 12. The van der Waals surface area contributed by atoms with Crippen molar-refractivity contribution in [1.29, 1.82) is 0 Å². The Hall–Kier alpha value is -7.80. The van der Waals surface area contributed by atoms with Crippen molar-refractivity contribution in [2.75, 3.05) is 0 Å². The van der Waals surface area contributed by atoms with Crippen molar-refractivity contribution in [1.82, 2.24) is 0 Å². The summed E-state index contributed by atoms with van der Waals surface area (Å²) in [5.41, 5.74) is 12.4. The molecule has 0 spiro atoms. The van der Waals surface area contributed by atoms with E-state index in [-0.39, 0.29) is 0 Å². The molecule has 0 bridgehead atoms. The summed E-state index contributed by atoms with van der Waals surface area (Å²) in [6, 6.07) is 85.1. The van der Waals surface area contributed by atoms with E-state index in [1.165, 1.54) is 120 Å². The SMILES string of the molecule is c1ccc2cc(-c3ccc(-c4c5ccccc5c(-c5c6ccccc6c(-c6ccc(-c7ccc8ccccc8c7)cc6)c6ccccc56)c5ccccc45)cc3)ccc2c1. The average Bonchev–Trinajstić information content (AvgIpc) is 3.32. The van der Waals surface area contributed by atoms with Crippen molar-refractivity contribution < 1.29 is 0 Å². The Bertz CT molecular complexity index is 3270. The fourth-order valence-electron chi connectivity index (χ4n) is 9.81. The lowest BCUT2D eigenvalue weighted by atomic mass is 9.81. The highest BCUT2D eigenvalue weighted by molar-refractivity contribution is 6.30. The number of hydrogen-bond acceptors (Lipinski definition) is 0. The second-order valence-electron chi connectivity index (χ2n) is 16.0. The maximum atomic E-state index is 2.33. The Morgan fingerprint density at radius 3 is 0.700 bits per heavy atom. The summed E-state index contributed by atoms with van der Waals surface area (Å²) in [5, 5.41) is 15.1. The molecule has 0 aliphatic carbocycles. The third-order valence-corrected chi connectivity index (χ3v) is 12.6. The Morgan fingerprint density at radius 1 is 0.150 bits per heavy atom. The molecule has 0 saturated heterocycles. The van der Waals surface area contributed by atoms with Gasteiger partial charge >= 0.3 is 0 Å². The van der Waals surface area contributed by atoms with E-state index in [4.69, 9.17) is 0 Å². The second-order valence-corrected chi connectivity index (χ2v) is 16.0. The van der Waals surface area contributed by atoms with Crippen LogP contribution >= 0.6 is 0 Å². The lowest BCUT2D eigenvalue weighted by molar-refractivity contribution is 1.62. The van der Waals surface area contributed by atoms with Crippen molar-refractivity contribution in [3.63, 3.8) is 0 Å². The molecule has 0 aliphatic rings. The van der Waals surface area contributed by atoms with Crippen LogP contribution in [-0.2, 0) is 0 Å². The zero-order valence-corrected chi connectivity index (χ0v) is 32.9. The lowest BCUT2D eigenvalue weighted by Crippen LogP contribution is -1.94. The van der Waals surface area contributed by atoms with Crippen LogP contribution in [-0.4, -0.2) is 0 Å². The fraction of sp³-hybridized carbons (Fsp3) is 0. The summed E-state index contributed by atoms with van der Waals surface area (Å²) >= 11 is 0. The summed E-state index contributed by atoms with van der Waals surface area (Å²) in [5.74, 6) is 0. The molecule has 0 fully saturated rings. The molecule has 0 nitrogen and oxygen atoms in total. The molecule has 0 N–H and O–H groups in total. The van der Waals surface area contributed by atoms with Gasteiger partial charge in [-0.05, 0) is 132 Å². The predicted molar refractivity (Wildman–Crippen MR) is 259 cm³/mol. The molecule has 0 aliphatic heterocycles. The average molecular weight is 759 g/mol. The van der Waals surface area contributed by atoms with Crippen LogP contribution in [0.15, 0.2) is 231 Å². The Kier molecular flexibility index (Phi) is 7.96. The van der Waals surface area contributed by atoms with Gasteiger partial charge < -0.3 is 0 Å². The molecule has 0 aromatic heterocycles. The van der Waals surface area contributed by atoms with E-state index in [9.17, 15) is 0 Å². The molecule has 0 radical (unpaired) electrons. The molecule has 0 unspecified atom stereocenters. The van der Waals surface area contributed by atoms with Gasteiger partial charge in [0.2, 0.25) is 0 Å². The maximum absolute atomic E-state index is 2.33. The minimum absolute atomic E-state index is 1.22. The van der Waals surface area contributed by atoms with E-state index >= 15 is 0 Å². The molecule has 0 atom stereocenters. The van der Waals surface area contributed by atoms with Gasteiger partial charge in [-0.1, -0.05) is 218 Å². The molecular weight excluding hydrogens is 721 g/mol. The van der Waals surface area contributed by atoms with Gasteiger partial charge in [-0.3, -0.25) is 0 Å². The summed E-state index contributed by atoms with van der Waals surface area (Å²) in [7, 11) is 0. The highest BCUT2D eigenvalue weighted by atomic mass is 14.2. The van der Waals surface area contributed by atoms with Gasteiger partial charge in [0.05, 0.1) is 0 Å². The lowest BCUT2D eigenvalue weighted by Gasteiger charge is -2.22. The zero-order valence-electron chi connectivity index (χ0n) is 32.9. The largest absolute Gasteiger partial charge is 0.0616 e. The number of hydrogen-bond donors (Lipinski definition) is 0. The third kappa shape index (κ3) is 5.53. The molecule has 12 rings (SSSR count). The minimum atomic E-state index is 1.22. The molecule has 60 heavy (non-hydrogen) atoms. The summed E-state index contributed by atoms with van der Waals surface area (Å²) < 4.78 is 0. The van der Waals surface area contributed by atoms with E-state index in [0.29, 0.717) is 0 Å². The summed E-state index contributed by atoms with van der Waals surface area (Å²) in [6.45, 7) is 0. The van der Waals surface area contributed by atoms with Gasteiger partial charge in [-0.25, -0.2) is 0 Å². The van der Waals surface area contributed by atoms with Crippen molar-refractivity contribution in [3.05, 3.63) is 231 Å². The van der Waals surface area contributed by atoms with Crippen molar-refractivity contribution in [3.8, 4) is 55.6 Å². The van der Waals surface area contributed by atoms with Crippen LogP contribution in [0.5, 0.6) is 0 Å². The standard InChI is InChI=1S/C60H38/c1-3-15-45-37-47(35-29-39(45)13-1)41-25-31-43(32-26-41)57-49-17-5-9-21-53(49)59(54-22-10-6-18-50(54)57)60-55-23-11-7-19-51(55)58(52-20-8-12-24-56(52)60)44-33-27-42(28-34-44)48-36-30-40-14-2-4-16-46(40)38-48/h1-38H. The fourth-order valence-corrected chi connectivity index (χ4v) is 9.81. The van der Waals surface area contributed by atoms with Crippen LogP contribution in [0.2, 0.25) is 0 Å². The Labute approximate surface area is 349 Å². The van der Waals surface area contributed by atoms with Gasteiger partial charge in [0.15, 0.2) is 0 Å². The van der Waals surface area contributed by atoms with Crippen molar-refractivity contribution in [2.24, 2.45) is 0 Å². The number of fused-ring (bicyclic) bond motifs is 6. The first kappa shape index (κ1) is 34.3. The Morgan fingerprint density at radius 2 is 0.383 bits per heavy atom. The summed E-state index contributed by atoms with van der Waals surface area (Å²) in [4.78, 5) is 0. The monoisotopic (exact) mass is 758 g/mol.